The zero-order valence-corrected chi connectivity index (χ0v) is 22.7. The first-order valence-electron chi connectivity index (χ1n) is 12.7. The molecule has 0 radical (unpaired) electrons. The van der Waals surface area contributed by atoms with Gasteiger partial charge in [-0.2, -0.15) is 0 Å². The van der Waals surface area contributed by atoms with E-state index in [4.69, 9.17) is 10.5 Å². The fourth-order valence-corrected chi connectivity index (χ4v) is 5.14. The molecule has 0 aromatic heterocycles. The number of fused-ring (bicyclic) bond motifs is 2. The summed E-state index contributed by atoms with van der Waals surface area (Å²) in [5, 5.41) is 3.45. The van der Waals surface area contributed by atoms with Crippen molar-refractivity contribution >= 4 is 28.6 Å². The molecule has 4 aromatic rings. The zero-order chi connectivity index (χ0) is 27.4. The van der Waals surface area contributed by atoms with Crippen molar-refractivity contribution in [2.24, 2.45) is 0 Å². The summed E-state index contributed by atoms with van der Waals surface area (Å²) in [7, 11) is 0. The summed E-state index contributed by atoms with van der Waals surface area (Å²) in [6.07, 6.45) is 0. The average molecular weight is 505 g/mol. The normalized spacial score (nSPS) is 12.7. The molecule has 38 heavy (non-hydrogen) atoms. The number of ether oxygens (including phenoxy) is 1. The van der Waals surface area contributed by atoms with Gasteiger partial charge in [-0.3, -0.25) is 9.59 Å². The maximum atomic E-state index is 13.8. The minimum absolute atomic E-state index is 0.00436. The van der Waals surface area contributed by atoms with Crippen LogP contribution in [-0.2, 0) is 5.41 Å². The molecule has 0 aliphatic heterocycles. The largest absolute Gasteiger partial charge is 0.455 e. The molecule has 5 rings (SSSR count). The van der Waals surface area contributed by atoms with Crippen LogP contribution in [0.15, 0.2) is 66.7 Å². The number of anilines is 3. The van der Waals surface area contributed by atoms with E-state index in [1.807, 2.05) is 45.0 Å². The second kappa shape index (κ2) is 9.18. The first-order valence-corrected chi connectivity index (χ1v) is 12.7. The number of carbonyl (C=O) groups is 2. The molecular formula is C33H32N2O3. The molecule has 0 unspecified atom stereocenters. The highest BCUT2D eigenvalue weighted by Gasteiger charge is 2.35. The Hall–Kier alpha value is -4.38. The smallest absolute Gasteiger partial charge is 0.196 e. The van der Waals surface area contributed by atoms with Gasteiger partial charge in [0.05, 0.1) is 22.5 Å². The van der Waals surface area contributed by atoms with Crippen LogP contribution in [0.3, 0.4) is 0 Å². The van der Waals surface area contributed by atoms with Gasteiger partial charge in [-0.25, -0.2) is 0 Å². The number of hydrogen-bond acceptors (Lipinski definition) is 5. The van der Waals surface area contributed by atoms with Crippen molar-refractivity contribution < 1.29 is 14.3 Å². The summed E-state index contributed by atoms with van der Waals surface area (Å²) in [6.45, 7) is 12.5. The first kappa shape index (κ1) is 25.3. The minimum Gasteiger partial charge on any atom is -0.455 e. The predicted molar refractivity (Wildman–Crippen MR) is 153 cm³/mol. The Balaban J connectivity index is 1.68. The van der Waals surface area contributed by atoms with Crippen LogP contribution in [0, 0.1) is 20.8 Å². The third-order valence-corrected chi connectivity index (χ3v) is 7.08. The minimum atomic E-state index is -0.290. The Morgan fingerprint density at radius 1 is 0.763 bits per heavy atom. The van der Waals surface area contributed by atoms with Crippen LogP contribution in [-0.4, -0.2) is 11.6 Å². The van der Waals surface area contributed by atoms with Crippen molar-refractivity contribution in [3.05, 3.63) is 111 Å². The lowest BCUT2D eigenvalue weighted by atomic mass is 9.82. The second-order valence-electron chi connectivity index (χ2n) is 11.1. The Morgan fingerprint density at radius 3 is 1.87 bits per heavy atom. The quantitative estimate of drug-likeness (QED) is 0.244. The summed E-state index contributed by atoms with van der Waals surface area (Å²) < 4.78 is 6.24. The Labute approximate surface area is 223 Å². The molecule has 5 heteroatoms. The molecule has 0 atom stereocenters. The van der Waals surface area contributed by atoms with E-state index in [2.05, 4.69) is 38.2 Å². The number of nitrogens with two attached hydrogens (primary N) is 1. The summed E-state index contributed by atoms with van der Waals surface area (Å²) >= 11 is 0. The molecule has 0 saturated heterocycles. The number of aryl methyl sites for hydroxylation is 3. The molecular weight excluding hydrogens is 472 g/mol. The highest BCUT2D eigenvalue weighted by molar-refractivity contribution is 6.32. The van der Waals surface area contributed by atoms with E-state index >= 15 is 0 Å². The van der Waals surface area contributed by atoms with Crippen molar-refractivity contribution in [3.8, 4) is 11.5 Å². The number of rotatable bonds is 4. The molecule has 192 valence electrons. The molecule has 0 bridgehead atoms. The Kier molecular flexibility index (Phi) is 6.10. The van der Waals surface area contributed by atoms with Crippen LogP contribution < -0.4 is 15.8 Å². The van der Waals surface area contributed by atoms with E-state index in [1.54, 1.807) is 30.3 Å². The van der Waals surface area contributed by atoms with Gasteiger partial charge in [-0.15, -0.1) is 0 Å². The predicted octanol–water partition coefficient (Wildman–Crippen LogP) is 7.80. The van der Waals surface area contributed by atoms with Gasteiger partial charge in [0.2, 0.25) is 0 Å². The standard InChI is InChI=1S/C33H32N2O3/c1-18-15-19(2)30(20(3)16-18)35-25-17-26(38-22-13-11-21(12-14-22)33(4,5)6)29(34)28-27(25)31(36)23-9-7-8-10-24(23)32(28)37/h7-17,35H,34H2,1-6H3. The van der Waals surface area contributed by atoms with Gasteiger partial charge in [0.15, 0.2) is 17.3 Å². The first-order chi connectivity index (χ1) is 18.0. The summed E-state index contributed by atoms with van der Waals surface area (Å²) in [5.41, 5.74) is 13.6. The van der Waals surface area contributed by atoms with E-state index in [0.717, 1.165) is 22.4 Å². The lowest BCUT2D eigenvalue weighted by Crippen LogP contribution is -2.24. The van der Waals surface area contributed by atoms with Gasteiger partial charge in [0.25, 0.3) is 0 Å². The second-order valence-corrected chi connectivity index (χ2v) is 11.1. The molecule has 5 nitrogen and oxygen atoms in total. The topological polar surface area (TPSA) is 81.4 Å². The van der Waals surface area contributed by atoms with Crippen LogP contribution in [0.25, 0.3) is 0 Å². The van der Waals surface area contributed by atoms with Crippen molar-refractivity contribution in [2.45, 2.75) is 47.0 Å². The van der Waals surface area contributed by atoms with Crippen molar-refractivity contribution in [2.75, 3.05) is 11.1 Å². The maximum Gasteiger partial charge on any atom is 0.196 e. The van der Waals surface area contributed by atoms with Gasteiger partial charge >= 0.3 is 0 Å². The highest BCUT2D eigenvalue weighted by atomic mass is 16.5. The molecule has 0 fully saturated rings. The van der Waals surface area contributed by atoms with Crippen LogP contribution >= 0.6 is 0 Å². The number of carbonyl (C=O) groups excluding carboxylic acids is 2. The third-order valence-electron chi connectivity index (χ3n) is 7.08. The molecule has 0 heterocycles. The van der Waals surface area contributed by atoms with Crippen LogP contribution in [0.1, 0.15) is 74.9 Å². The molecule has 0 spiro atoms. The van der Waals surface area contributed by atoms with Gasteiger partial charge < -0.3 is 15.8 Å². The SMILES string of the molecule is Cc1cc(C)c(Nc2cc(Oc3ccc(C(C)(C)C)cc3)c(N)c3c2C(=O)c2ccccc2C3=O)c(C)c1. The fourth-order valence-electron chi connectivity index (χ4n) is 5.14. The highest BCUT2D eigenvalue weighted by Crippen LogP contribution is 2.43. The maximum absolute atomic E-state index is 13.8. The van der Waals surface area contributed by atoms with Crippen molar-refractivity contribution in [1.82, 2.24) is 0 Å². The molecule has 3 N–H and O–H groups in total. The van der Waals surface area contributed by atoms with Crippen molar-refractivity contribution in [1.29, 1.82) is 0 Å². The van der Waals surface area contributed by atoms with E-state index in [-0.39, 0.29) is 33.8 Å². The number of nitrogen functional groups attached to an aromatic ring is 1. The molecule has 0 amide bonds. The molecule has 4 aromatic carbocycles. The Morgan fingerprint density at radius 2 is 1.32 bits per heavy atom. The summed E-state index contributed by atoms with van der Waals surface area (Å²) in [6, 6.07) is 20.6. The molecule has 0 saturated carbocycles. The summed E-state index contributed by atoms with van der Waals surface area (Å²) in [5.74, 6) is 0.375. The van der Waals surface area contributed by atoms with E-state index < -0.39 is 0 Å². The van der Waals surface area contributed by atoms with Crippen LogP contribution in [0.2, 0.25) is 0 Å². The summed E-state index contributed by atoms with van der Waals surface area (Å²) in [4.78, 5) is 27.5. The number of benzene rings is 4. The number of hydrogen-bond donors (Lipinski definition) is 2. The average Bonchev–Trinajstić information content (AvgIpc) is 2.86. The van der Waals surface area contributed by atoms with Gasteiger partial charge in [-0.1, -0.05) is 74.9 Å². The third kappa shape index (κ3) is 4.34. The fraction of sp³-hybridized carbons (Fsp3) is 0.212. The van der Waals surface area contributed by atoms with Crippen LogP contribution in [0.4, 0.5) is 17.1 Å². The lowest BCUT2D eigenvalue weighted by Gasteiger charge is -2.25. The van der Waals surface area contributed by atoms with Gasteiger partial charge in [-0.05, 0) is 55.0 Å². The lowest BCUT2D eigenvalue weighted by molar-refractivity contribution is 0.0980. The van der Waals surface area contributed by atoms with Crippen LogP contribution in [0.5, 0.6) is 11.5 Å². The van der Waals surface area contributed by atoms with E-state index in [0.29, 0.717) is 28.3 Å². The number of ketones is 2. The molecule has 1 aliphatic carbocycles. The number of nitrogens with one attached hydrogen (secondary N) is 1. The van der Waals surface area contributed by atoms with E-state index in [1.165, 1.54) is 5.56 Å². The van der Waals surface area contributed by atoms with Gasteiger partial charge in [0, 0.05) is 22.9 Å². The van der Waals surface area contributed by atoms with Crippen molar-refractivity contribution in [3.63, 3.8) is 0 Å². The van der Waals surface area contributed by atoms with E-state index in [9.17, 15) is 9.59 Å². The Bertz CT molecular complexity index is 1590. The molecule has 1 aliphatic rings. The zero-order valence-electron chi connectivity index (χ0n) is 22.7. The van der Waals surface area contributed by atoms with Gasteiger partial charge in [0.1, 0.15) is 5.75 Å². The monoisotopic (exact) mass is 504 g/mol.